The van der Waals surface area contributed by atoms with Gasteiger partial charge in [0.1, 0.15) is 0 Å². The molecule has 1 saturated carbocycles. The standard InChI is InChI=1S/C21H26N4O4S2/c26-18(13-30-20-25-24-19(31-20)22-12-15-5-4-10-27-15)23-14-6-7-16-17(11-14)29-21(28-16)8-2-1-3-9-21/h6-7,11,15H,1-5,8-10,12-13H2,(H,22,24)(H,23,26). The molecule has 3 heterocycles. The molecule has 5 rings (SSSR count). The molecule has 1 amide bonds. The van der Waals surface area contributed by atoms with Gasteiger partial charge in [-0.15, -0.1) is 10.2 Å². The highest BCUT2D eigenvalue weighted by atomic mass is 32.2. The second-order valence-corrected chi connectivity index (χ2v) is 10.3. The molecule has 31 heavy (non-hydrogen) atoms. The van der Waals surface area contributed by atoms with Gasteiger partial charge in [0.15, 0.2) is 15.8 Å². The van der Waals surface area contributed by atoms with Crippen molar-refractivity contribution in [3.8, 4) is 11.5 Å². The number of hydrogen-bond acceptors (Lipinski definition) is 9. The lowest BCUT2D eigenvalue weighted by molar-refractivity contribution is -0.113. The van der Waals surface area contributed by atoms with E-state index in [9.17, 15) is 4.79 Å². The van der Waals surface area contributed by atoms with Crippen LogP contribution in [0.15, 0.2) is 22.5 Å². The number of thioether (sulfide) groups is 1. The molecule has 10 heteroatoms. The van der Waals surface area contributed by atoms with E-state index in [1.807, 2.05) is 18.2 Å². The van der Waals surface area contributed by atoms with Crippen LogP contribution in [-0.4, -0.2) is 46.9 Å². The third kappa shape index (κ3) is 5.07. The molecular weight excluding hydrogens is 436 g/mol. The fraction of sp³-hybridized carbons (Fsp3) is 0.571. The van der Waals surface area contributed by atoms with E-state index in [0.717, 1.165) is 66.9 Å². The second-order valence-electron chi connectivity index (χ2n) is 8.06. The summed E-state index contributed by atoms with van der Waals surface area (Å²) in [4.78, 5) is 12.4. The molecule has 8 nitrogen and oxygen atoms in total. The SMILES string of the molecule is O=C(CSc1nnc(NCC2CCCO2)s1)Nc1ccc2c(c1)OC1(CCCCC1)O2. The summed E-state index contributed by atoms with van der Waals surface area (Å²) in [5, 5.41) is 15.2. The van der Waals surface area contributed by atoms with E-state index in [-0.39, 0.29) is 17.8 Å². The lowest BCUT2D eigenvalue weighted by atomic mass is 9.94. The van der Waals surface area contributed by atoms with Crippen molar-refractivity contribution >= 4 is 39.8 Å². The van der Waals surface area contributed by atoms with E-state index in [2.05, 4.69) is 20.8 Å². The van der Waals surface area contributed by atoms with Gasteiger partial charge in [-0.3, -0.25) is 4.79 Å². The number of anilines is 2. The minimum atomic E-state index is -0.507. The fourth-order valence-electron chi connectivity index (χ4n) is 4.14. The van der Waals surface area contributed by atoms with Crippen LogP contribution in [-0.2, 0) is 9.53 Å². The normalized spacial score (nSPS) is 21.4. The number of carbonyl (C=O) groups excluding carboxylic acids is 1. The molecule has 1 saturated heterocycles. The predicted octanol–water partition coefficient (Wildman–Crippen LogP) is 4.29. The Morgan fingerprint density at radius 3 is 2.87 bits per heavy atom. The summed E-state index contributed by atoms with van der Waals surface area (Å²) in [5.41, 5.74) is 0.706. The minimum absolute atomic E-state index is 0.0969. The molecule has 3 aliphatic rings. The Kier molecular flexibility index (Phi) is 6.20. The van der Waals surface area contributed by atoms with Crippen LogP contribution < -0.4 is 20.1 Å². The van der Waals surface area contributed by atoms with E-state index in [1.165, 1.54) is 29.5 Å². The van der Waals surface area contributed by atoms with Gasteiger partial charge in [-0.2, -0.15) is 0 Å². The lowest BCUT2D eigenvalue weighted by Gasteiger charge is -2.31. The topological polar surface area (TPSA) is 94.6 Å². The Morgan fingerprint density at radius 1 is 1.16 bits per heavy atom. The summed E-state index contributed by atoms with van der Waals surface area (Å²) in [6.45, 7) is 1.58. The molecule has 1 atom stereocenters. The summed E-state index contributed by atoms with van der Waals surface area (Å²) in [7, 11) is 0. The molecule has 0 radical (unpaired) electrons. The number of rotatable bonds is 7. The van der Waals surface area contributed by atoms with Crippen LogP contribution in [0.25, 0.3) is 0 Å². The summed E-state index contributed by atoms with van der Waals surface area (Å²) < 4.78 is 18.6. The first kappa shape index (κ1) is 20.8. The molecule has 1 aliphatic carbocycles. The van der Waals surface area contributed by atoms with E-state index in [4.69, 9.17) is 14.2 Å². The maximum Gasteiger partial charge on any atom is 0.251 e. The number of ether oxygens (including phenoxy) is 3. The van der Waals surface area contributed by atoms with Gasteiger partial charge < -0.3 is 24.8 Å². The van der Waals surface area contributed by atoms with E-state index >= 15 is 0 Å². The number of hydrogen-bond donors (Lipinski definition) is 2. The average Bonchev–Trinajstić information content (AvgIpc) is 3.51. The number of nitrogens with one attached hydrogen (secondary N) is 2. The Morgan fingerprint density at radius 2 is 2.03 bits per heavy atom. The number of benzene rings is 1. The second kappa shape index (κ2) is 9.22. The Bertz CT molecular complexity index is 926. The summed E-state index contributed by atoms with van der Waals surface area (Å²) in [6, 6.07) is 5.57. The molecule has 1 unspecified atom stereocenters. The third-order valence-electron chi connectivity index (χ3n) is 5.67. The zero-order chi connectivity index (χ0) is 21.1. The molecule has 1 aromatic carbocycles. The first-order valence-corrected chi connectivity index (χ1v) is 12.6. The number of fused-ring (bicyclic) bond motifs is 1. The van der Waals surface area contributed by atoms with Crippen molar-refractivity contribution in [2.45, 2.75) is 61.2 Å². The van der Waals surface area contributed by atoms with Crippen molar-refractivity contribution < 1.29 is 19.0 Å². The Balaban J connectivity index is 1.10. The van der Waals surface area contributed by atoms with Crippen molar-refractivity contribution in [2.75, 3.05) is 29.5 Å². The summed E-state index contributed by atoms with van der Waals surface area (Å²) >= 11 is 2.83. The monoisotopic (exact) mass is 462 g/mol. The van der Waals surface area contributed by atoms with Crippen molar-refractivity contribution in [3.63, 3.8) is 0 Å². The molecule has 2 aromatic rings. The molecule has 2 N–H and O–H groups in total. The first-order chi connectivity index (χ1) is 15.2. The molecule has 1 aromatic heterocycles. The van der Waals surface area contributed by atoms with Crippen molar-refractivity contribution in [3.05, 3.63) is 18.2 Å². The largest absolute Gasteiger partial charge is 0.448 e. The molecule has 166 valence electrons. The number of amides is 1. The number of aromatic nitrogens is 2. The molecule has 2 fully saturated rings. The van der Waals surface area contributed by atoms with Crippen molar-refractivity contribution in [1.82, 2.24) is 10.2 Å². The van der Waals surface area contributed by atoms with Gasteiger partial charge in [-0.05, 0) is 37.8 Å². The first-order valence-electron chi connectivity index (χ1n) is 10.8. The van der Waals surface area contributed by atoms with Gasteiger partial charge in [0, 0.05) is 37.7 Å². The van der Waals surface area contributed by atoms with Gasteiger partial charge in [-0.1, -0.05) is 29.5 Å². The van der Waals surface area contributed by atoms with E-state index < -0.39 is 5.79 Å². The molecule has 0 bridgehead atoms. The quantitative estimate of drug-likeness (QED) is 0.589. The van der Waals surface area contributed by atoms with Crippen LogP contribution in [0.3, 0.4) is 0 Å². The van der Waals surface area contributed by atoms with E-state index in [1.54, 1.807) is 0 Å². The van der Waals surface area contributed by atoms with Crippen LogP contribution in [0.2, 0.25) is 0 Å². The minimum Gasteiger partial charge on any atom is -0.448 e. The molecule has 1 spiro atoms. The van der Waals surface area contributed by atoms with Crippen LogP contribution >= 0.6 is 23.1 Å². The van der Waals surface area contributed by atoms with E-state index in [0.29, 0.717) is 11.4 Å². The third-order valence-corrected chi connectivity index (χ3v) is 7.69. The summed E-state index contributed by atoms with van der Waals surface area (Å²) in [5.74, 6) is 1.12. The number of nitrogens with zero attached hydrogens (tertiary/aromatic N) is 2. The lowest BCUT2D eigenvalue weighted by Crippen LogP contribution is -2.40. The Labute approximate surface area is 189 Å². The van der Waals surface area contributed by atoms with Crippen LogP contribution in [0.1, 0.15) is 44.9 Å². The van der Waals surface area contributed by atoms with Crippen molar-refractivity contribution in [1.29, 1.82) is 0 Å². The maximum atomic E-state index is 12.4. The van der Waals surface area contributed by atoms with Gasteiger partial charge >= 0.3 is 0 Å². The van der Waals surface area contributed by atoms with Crippen molar-refractivity contribution in [2.24, 2.45) is 0 Å². The molecule has 2 aliphatic heterocycles. The smallest absolute Gasteiger partial charge is 0.251 e. The zero-order valence-electron chi connectivity index (χ0n) is 17.2. The highest BCUT2D eigenvalue weighted by Crippen LogP contribution is 2.46. The highest BCUT2D eigenvalue weighted by Gasteiger charge is 2.42. The number of carbonyl (C=O) groups is 1. The van der Waals surface area contributed by atoms with Gasteiger partial charge in [0.2, 0.25) is 11.0 Å². The van der Waals surface area contributed by atoms with Crippen LogP contribution in [0.4, 0.5) is 10.8 Å². The van der Waals surface area contributed by atoms with Gasteiger partial charge in [0.25, 0.3) is 5.79 Å². The van der Waals surface area contributed by atoms with Gasteiger partial charge in [0.05, 0.1) is 11.9 Å². The average molecular weight is 463 g/mol. The fourth-order valence-corrected chi connectivity index (χ4v) is 5.70. The highest BCUT2D eigenvalue weighted by molar-refractivity contribution is 8.01. The van der Waals surface area contributed by atoms with Crippen LogP contribution in [0, 0.1) is 0 Å². The van der Waals surface area contributed by atoms with Gasteiger partial charge in [-0.25, -0.2) is 0 Å². The Hall–Kier alpha value is -2.04. The zero-order valence-corrected chi connectivity index (χ0v) is 18.9. The van der Waals surface area contributed by atoms with Crippen LogP contribution in [0.5, 0.6) is 11.5 Å². The summed E-state index contributed by atoms with van der Waals surface area (Å²) in [6.07, 6.45) is 7.72. The maximum absolute atomic E-state index is 12.4. The molecular formula is C21H26N4O4S2. The predicted molar refractivity (Wildman–Crippen MR) is 120 cm³/mol.